The molecule has 0 radical (unpaired) electrons. The minimum absolute atomic E-state index is 0.472. The Bertz CT molecular complexity index is 230. The number of nitrogens with one attached hydrogen (secondary N) is 1. The average Bonchev–Trinajstić information content (AvgIpc) is 2.39. The Morgan fingerprint density at radius 1 is 1.82 bits per heavy atom. The number of anilines is 1. The van der Waals surface area contributed by atoms with Gasteiger partial charge in [-0.3, -0.25) is 4.79 Å². The lowest BCUT2D eigenvalue weighted by atomic mass is 10.3. The molecule has 1 heterocycles. The lowest BCUT2D eigenvalue weighted by molar-refractivity contribution is -0.137. The molecule has 0 aliphatic heterocycles. The van der Waals surface area contributed by atoms with Crippen LogP contribution in [0.5, 0.6) is 0 Å². The normalized spacial score (nSPS) is 12.5. The van der Waals surface area contributed by atoms with Crippen LogP contribution in [0, 0.1) is 0 Å². The van der Waals surface area contributed by atoms with E-state index in [2.05, 4.69) is 5.32 Å². The van der Waals surface area contributed by atoms with E-state index in [0.717, 1.165) is 0 Å². The Kier molecular flexibility index (Phi) is 2.15. The summed E-state index contributed by atoms with van der Waals surface area (Å²) in [6, 6.07) is 2.73. The van der Waals surface area contributed by atoms with Crippen LogP contribution in [0.1, 0.15) is 6.92 Å². The van der Waals surface area contributed by atoms with Gasteiger partial charge in [0.05, 0.1) is 6.26 Å². The molecular formula is C7H9NO3. The minimum Gasteiger partial charge on any atom is -0.480 e. The number of carbonyl (C=O) groups is 1. The van der Waals surface area contributed by atoms with Gasteiger partial charge in [0, 0.05) is 6.07 Å². The quantitative estimate of drug-likeness (QED) is 0.687. The molecule has 2 N–H and O–H groups in total. The van der Waals surface area contributed by atoms with Gasteiger partial charge < -0.3 is 14.8 Å². The van der Waals surface area contributed by atoms with E-state index < -0.39 is 12.0 Å². The zero-order valence-electron chi connectivity index (χ0n) is 6.07. The van der Waals surface area contributed by atoms with Crippen molar-refractivity contribution in [3.63, 3.8) is 0 Å². The van der Waals surface area contributed by atoms with Crippen molar-refractivity contribution in [2.24, 2.45) is 0 Å². The molecule has 0 fully saturated rings. The SMILES string of the molecule is C[C@@H](Nc1ccco1)C(=O)O. The number of hydrogen-bond donors (Lipinski definition) is 2. The van der Waals surface area contributed by atoms with Gasteiger partial charge in [0.15, 0.2) is 5.88 Å². The molecule has 1 aromatic rings. The highest BCUT2D eigenvalue weighted by atomic mass is 16.4. The Hall–Kier alpha value is -1.45. The van der Waals surface area contributed by atoms with Gasteiger partial charge in [-0.05, 0) is 13.0 Å². The molecule has 1 rings (SSSR count). The van der Waals surface area contributed by atoms with Crippen LogP contribution >= 0.6 is 0 Å². The highest BCUT2D eigenvalue weighted by Crippen LogP contribution is 2.07. The van der Waals surface area contributed by atoms with Crippen molar-refractivity contribution >= 4 is 11.9 Å². The molecule has 60 valence electrons. The molecule has 11 heavy (non-hydrogen) atoms. The van der Waals surface area contributed by atoms with Crippen LogP contribution in [0.15, 0.2) is 22.8 Å². The zero-order chi connectivity index (χ0) is 8.27. The summed E-state index contributed by atoms with van der Waals surface area (Å²) in [7, 11) is 0. The summed E-state index contributed by atoms with van der Waals surface area (Å²) in [5, 5.41) is 11.1. The smallest absolute Gasteiger partial charge is 0.325 e. The average molecular weight is 155 g/mol. The van der Waals surface area contributed by atoms with Crippen molar-refractivity contribution in [1.29, 1.82) is 0 Å². The van der Waals surface area contributed by atoms with Gasteiger partial charge >= 0.3 is 5.97 Å². The van der Waals surface area contributed by atoms with E-state index in [1.165, 1.54) is 6.26 Å². The van der Waals surface area contributed by atoms with Gasteiger partial charge in [-0.1, -0.05) is 0 Å². The molecule has 4 nitrogen and oxygen atoms in total. The van der Waals surface area contributed by atoms with Crippen molar-refractivity contribution in [2.45, 2.75) is 13.0 Å². The molecule has 0 saturated heterocycles. The number of hydrogen-bond acceptors (Lipinski definition) is 3. The van der Waals surface area contributed by atoms with Crippen molar-refractivity contribution < 1.29 is 14.3 Å². The first-order valence-electron chi connectivity index (χ1n) is 3.23. The monoisotopic (exact) mass is 155 g/mol. The topological polar surface area (TPSA) is 62.5 Å². The van der Waals surface area contributed by atoms with Crippen LogP contribution in [0.25, 0.3) is 0 Å². The van der Waals surface area contributed by atoms with Crippen LogP contribution < -0.4 is 5.32 Å². The zero-order valence-corrected chi connectivity index (χ0v) is 6.07. The fourth-order valence-electron chi connectivity index (χ4n) is 0.636. The van der Waals surface area contributed by atoms with E-state index >= 15 is 0 Å². The maximum Gasteiger partial charge on any atom is 0.325 e. The van der Waals surface area contributed by atoms with Crippen LogP contribution in [-0.4, -0.2) is 17.1 Å². The first-order chi connectivity index (χ1) is 5.20. The largest absolute Gasteiger partial charge is 0.480 e. The lowest BCUT2D eigenvalue weighted by Crippen LogP contribution is -2.24. The van der Waals surface area contributed by atoms with Crippen LogP contribution in [0.4, 0.5) is 5.88 Å². The molecular weight excluding hydrogens is 146 g/mol. The van der Waals surface area contributed by atoms with Gasteiger partial charge in [-0.25, -0.2) is 0 Å². The molecule has 4 heteroatoms. The van der Waals surface area contributed by atoms with E-state index in [0.29, 0.717) is 5.88 Å². The number of carboxylic acids is 1. The fourth-order valence-corrected chi connectivity index (χ4v) is 0.636. The van der Waals surface area contributed by atoms with E-state index in [4.69, 9.17) is 9.52 Å². The van der Waals surface area contributed by atoms with Crippen LogP contribution in [0.3, 0.4) is 0 Å². The van der Waals surface area contributed by atoms with Gasteiger partial charge in [-0.15, -0.1) is 0 Å². The number of carboxylic acid groups (broad SMARTS) is 1. The first kappa shape index (κ1) is 7.65. The summed E-state index contributed by atoms with van der Waals surface area (Å²) >= 11 is 0. The summed E-state index contributed by atoms with van der Waals surface area (Å²) in [6.45, 7) is 1.55. The van der Waals surface area contributed by atoms with Gasteiger partial charge in [0.25, 0.3) is 0 Å². The first-order valence-corrected chi connectivity index (χ1v) is 3.23. The van der Waals surface area contributed by atoms with E-state index in [1.807, 2.05) is 0 Å². The molecule has 0 aromatic carbocycles. The van der Waals surface area contributed by atoms with E-state index in [-0.39, 0.29) is 0 Å². The predicted octanol–water partition coefficient (Wildman–Crippen LogP) is 1.16. The van der Waals surface area contributed by atoms with Crippen molar-refractivity contribution in [3.8, 4) is 0 Å². The molecule has 0 spiro atoms. The summed E-state index contributed by atoms with van der Waals surface area (Å²) in [5.74, 6) is -0.429. The molecule has 0 bridgehead atoms. The molecule has 0 aliphatic carbocycles. The Labute approximate surface area is 63.8 Å². The number of furan rings is 1. The second kappa shape index (κ2) is 3.09. The standard InChI is InChI=1S/C7H9NO3/c1-5(7(9)10)8-6-3-2-4-11-6/h2-5,8H,1H3,(H,9,10)/t5-/m1/s1. The Balaban J connectivity index is 2.50. The van der Waals surface area contributed by atoms with Crippen molar-refractivity contribution in [1.82, 2.24) is 0 Å². The van der Waals surface area contributed by atoms with Gasteiger partial charge in [0.2, 0.25) is 0 Å². The molecule has 0 aliphatic rings. The van der Waals surface area contributed by atoms with E-state index in [9.17, 15) is 4.79 Å². The highest BCUT2D eigenvalue weighted by molar-refractivity contribution is 5.76. The molecule has 1 atom stereocenters. The molecule has 0 amide bonds. The summed E-state index contributed by atoms with van der Waals surface area (Å²) < 4.78 is 4.88. The fraction of sp³-hybridized carbons (Fsp3) is 0.286. The molecule has 1 aromatic heterocycles. The summed E-state index contributed by atoms with van der Waals surface area (Å²) in [4.78, 5) is 10.3. The maximum absolute atomic E-state index is 10.3. The van der Waals surface area contributed by atoms with Gasteiger partial charge in [0.1, 0.15) is 6.04 Å². The summed E-state index contributed by atoms with van der Waals surface area (Å²) in [5.41, 5.74) is 0. The minimum atomic E-state index is -0.901. The predicted molar refractivity (Wildman–Crippen MR) is 39.4 cm³/mol. The third-order valence-corrected chi connectivity index (χ3v) is 1.25. The van der Waals surface area contributed by atoms with Crippen LogP contribution in [-0.2, 0) is 4.79 Å². The van der Waals surface area contributed by atoms with Gasteiger partial charge in [-0.2, -0.15) is 0 Å². The van der Waals surface area contributed by atoms with Crippen molar-refractivity contribution in [2.75, 3.05) is 5.32 Å². The summed E-state index contributed by atoms with van der Waals surface area (Å²) in [6.07, 6.45) is 1.48. The Morgan fingerprint density at radius 2 is 2.55 bits per heavy atom. The van der Waals surface area contributed by atoms with E-state index in [1.54, 1.807) is 19.1 Å². The van der Waals surface area contributed by atoms with Crippen LogP contribution in [0.2, 0.25) is 0 Å². The maximum atomic E-state index is 10.3. The third kappa shape index (κ3) is 2.00. The van der Waals surface area contributed by atoms with Crippen molar-refractivity contribution in [3.05, 3.63) is 18.4 Å². The second-order valence-corrected chi connectivity index (χ2v) is 2.18. The molecule has 0 unspecified atom stereocenters. The third-order valence-electron chi connectivity index (χ3n) is 1.25. The second-order valence-electron chi connectivity index (χ2n) is 2.18. The Morgan fingerprint density at radius 3 is 3.00 bits per heavy atom. The highest BCUT2D eigenvalue weighted by Gasteiger charge is 2.10. The molecule has 0 saturated carbocycles. The number of aliphatic carboxylic acids is 1. The number of rotatable bonds is 3. The lowest BCUT2D eigenvalue weighted by Gasteiger charge is -2.05.